The molecule has 0 bridgehead atoms. The van der Waals surface area contributed by atoms with E-state index in [9.17, 15) is 0 Å². The zero-order valence-electron chi connectivity index (χ0n) is 29.0. The Balaban J connectivity index is 1.27. The lowest BCUT2D eigenvalue weighted by Crippen LogP contribution is -2.03. The van der Waals surface area contributed by atoms with Crippen LogP contribution in [0.4, 0.5) is 0 Å². The molecule has 0 atom stereocenters. The van der Waals surface area contributed by atoms with Crippen LogP contribution in [0.1, 0.15) is 0 Å². The predicted molar refractivity (Wildman–Crippen MR) is 230 cm³/mol. The zero-order valence-corrected chi connectivity index (χ0v) is 29.8. The Morgan fingerprint density at radius 3 is 1.74 bits per heavy atom. The minimum Gasteiger partial charge on any atom is -0.291 e. The van der Waals surface area contributed by atoms with Crippen LogP contribution in [-0.2, 0) is 0 Å². The van der Waals surface area contributed by atoms with Crippen LogP contribution in [0.3, 0.4) is 0 Å². The molecule has 250 valence electrons. The predicted octanol–water partition coefficient (Wildman–Crippen LogP) is 13.9. The van der Waals surface area contributed by atoms with Crippen LogP contribution in [0.2, 0.25) is 0 Å². The fourth-order valence-corrected chi connectivity index (χ4v) is 9.81. The molecule has 0 saturated heterocycles. The van der Waals surface area contributed by atoms with Crippen LogP contribution in [0, 0.1) is 0 Å². The highest BCUT2D eigenvalue weighted by Gasteiger charge is 2.24. The van der Waals surface area contributed by atoms with Gasteiger partial charge < -0.3 is 0 Å². The smallest absolute Gasteiger partial charge is 0.165 e. The largest absolute Gasteiger partial charge is 0.291 e. The first-order chi connectivity index (χ1) is 26.8. The van der Waals surface area contributed by atoms with Gasteiger partial charge in [-0.25, -0.2) is 9.97 Å². The van der Waals surface area contributed by atoms with Gasteiger partial charge in [-0.3, -0.25) is 4.57 Å². The van der Waals surface area contributed by atoms with Crippen LogP contribution in [0.5, 0.6) is 0 Å². The maximum absolute atomic E-state index is 5.67. The van der Waals surface area contributed by atoms with E-state index < -0.39 is 0 Å². The maximum atomic E-state index is 5.67. The van der Waals surface area contributed by atoms with E-state index in [1.54, 1.807) is 11.3 Å². The van der Waals surface area contributed by atoms with Crippen LogP contribution in [-0.4, -0.2) is 14.5 Å². The van der Waals surface area contributed by atoms with Gasteiger partial charge >= 0.3 is 0 Å². The van der Waals surface area contributed by atoms with Gasteiger partial charge in [0.2, 0.25) is 0 Å². The Labute approximate surface area is 314 Å². The third-order valence-corrected chi connectivity index (χ3v) is 12.2. The molecule has 0 aliphatic carbocycles. The summed E-state index contributed by atoms with van der Waals surface area (Å²) in [5, 5.41) is 13.5. The third kappa shape index (κ3) is 4.17. The number of nitrogens with zero attached hydrogens (tertiary/aromatic N) is 3. The summed E-state index contributed by atoms with van der Waals surface area (Å²) in [6.45, 7) is 0. The van der Waals surface area contributed by atoms with Crippen molar-refractivity contribution in [1.29, 1.82) is 0 Å². The van der Waals surface area contributed by atoms with Gasteiger partial charge in [0.1, 0.15) is 16.0 Å². The monoisotopic (exact) mass is 703 g/mol. The summed E-state index contributed by atoms with van der Waals surface area (Å²) in [4.78, 5) is 12.1. The normalized spacial score (nSPS) is 12.1. The Morgan fingerprint density at radius 2 is 0.963 bits per heavy atom. The molecule has 0 N–H and O–H groups in total. The van der Waals surface area contributed by atoms with E-state index >= 15 is 0 Å². The molecule has 54 heavy (non-hydrogen) atoms. The van der Waals surface area contributed by atoms with Gasteiger partial charge in [-0.15, -0.1) is 11.3 Å². The molecule has 9 aromatic carbocycles. The summed E-state index contributed by atoms with van der Waals surface area (Å²) in [6, 6.07) is 63.6. The van der Waals surface area contributed by atoms with Gasteiger partial charge in [-0.05, 0) is 55.6 Å². The van der Waals surface area contributed by atoms with E-state index in [0.29, 0.717) is 0 Å². The van der Waals surface area contributed by atoms with E-state index in [4.69, 9.17) is 9.97 Å². The summed E-state index contributed by atoms with van der Waals surface area (Å²) in [5.74, 6) is 0.833. The standard InChI is InChI=1S/C50H29N3S/c1-2-12-30(13-3-1)31-22-24-33(25-23-31)46-49(51-47-40-20-10-11-21-43(40)54-50(47)52-46)53-42-29-28-39-37-18-7-6-16-35(37)36-17-8-9-19-38(36)44(39)45(42)41-27-26-32-14-4-5-15-34(32)48(41)53/h1-29H. The molecule has 0 unspecified atom stereocenters. The molecule has 12 aromatic rings. The highest BCUT2D eigenvalue weighted by atomic mass is 32.1. The minimum atomic E-state index is 0.833. The van der Waals surface area contributed by atoms with Gasteiger partial charge in [-0.2, -0.15) is 0 Å². The van der Waals surface area contributed by atoms with Crippen molar-refractivity contribution in [2.75, 3.05) is 0 Å². The van der Waals surface area contributed by atoms with Crippen molar-refractivity contribution >= 4 is 96.7 Å². The SMILES string of the molecule is c1ccc(-c2ccc(-c3nc4sc5ccccc5c4nc3-n3c4ccc5c6ccccc6c6ccccc6c5c4c4ccc5ccccc5c43)cc2)cc1. The van der Waals surface area contributed by atoms with Crippen LogP contribution in [0.25, 0.3) is 114 Å². The van der Waals surface area contributed by atoms with Crippen molar-refractivity contribution in [1.82, 2.24) is 14.5 Å². The average Bonchev–Trinajstić information content (AvgIpc) is 3.79. The van der Waals surface area contributed by atoms with Crippen molar-refractivity contribution in [3.8, 4) is 28.2 Å². The molecular formula is C50H29N3S. The first kappa shape index (κ1) is 29.7. The highest BCUT2D eigenvalue weighted by Crippen LogP contribution is 2.46. The Bertz CT molecular complexity index is 3450. The molecule has 4 heteroatoms. The van der Waals surface area contributed by atoms with E-state index in [1.165, 1.54) is 69.7 Å². The fraction of sp³-hybridized carbons (Fsp3) is 0. The summed E-state index contributed by atoms with van der Waals surface area (Å²) in [5.41, 5.74) is 7.45. The summed E-state index contributed by atoms with van der Waals surface area (Å²) in [7, 11) is 0. The third-order valence-electron chi connectivity index (χ3n) is 11.2. The highest BCUT2D eigenvalue weighted by molar-refractivity contribution is 7.25. The van der Waals surface area contributed by atoms with Crippen molar-refractivity contribution in [3.05, 3.63) is 176 Å². The second kappa shape index (κ2) is 11.3. The molecule has 0 amide bonds. The summed E-state index contributed by atoms with van der Waals surface area (Å²) >= 11 is 1.71. The van der Waals surface area contributed by atoms with Crippen molar-refractivity contribution in [3.63, 3.8) is 0 Å². The van der Waals surface area contributed by atoms with Crippen molar-refractivity contribution in [2.24, 2.45) is 0 Å². The number of hydrogen-bond donors (Lipinski definition) is 0. The Morgan fingerprint density at radius 1 is 0.389 bits per heavy atom. The van der Waals surface area contributed by atoms with Gasteiger partial charge in [0.05, 0.1) is 11.0 Å². The molecule has 0 aliphatic heterocycles. The summed E-state index contributed by atoms with van der Waals surface area (Å²) in [6.07, 6.45) is 0. The molecule has 3 heterocycles. The lowest BCUT2D eigenvalue weighted by molar-refractivity contribution is 1.09. The minimum absolute atomic E-state index is 0.833. The number of thiophene rings is 1. The number of fused-ring (bicyclic) bond motifs is 15. The van der Waals surface area contributed by atoms with E-state index in [-0.39, 0.29) is 0 Å². The van der Waals surface area contributed by atoms with E-state index in [1.807, 2.05) is 0 Å². The summed E-state index contributed by atoms with van der Waals surface area (Å²) < 4.78 is 3.60. The average molecular weight is 704 g/mol. The topological polar surface area (TPSA) is 30.7 Å². The first-order valence-corrected chi connectivity index (χ1v) is 19.2. The fourth-order valence-electron chi connectivity index (χ4n) is 8.80. The molecule has 0 radical (unpaired) electrons. The second-order valence-corrected chi connectivity index (χ2v) is 15.1. The molecule has 3 aromatic heterocycles. The lowest BCUT2D eigenvalue weighted by Gasteiger charge is -2.15. The number of aromatic nitrogens is 3. The maximum Gasteiger partial charge on any atom is 0.165 e. The first-order valence-electron chi connectivity index (χ1n) is 18.3. The molecule has 0 saturated carbocycles. The molecule has 0 aliphatic rings. The number of benzene rings is 9. The lowest BCUT2D eigenvalue weighted by atomic mass is 9.91. The van der Waals surface area contributed by atoms with Gasteiger partial charge in [-0.1, -0.05) is 164 Å². The number of hydrogen-bond acceptors (Lipinski definition) is 3. The van der Waals surface area contributed by atoms with Gasteiger partial charge in [0.25, 0.3) is 0 Å². The Kier molecular flexibility index (Phi) is 6.21. The number of rotatable bonds is 3. The second-order valence-electron chi connectivity index (χ2n) is 14.1. The van der Waals surface area contributed by atoms with Crippen molar-refractivity contribution < 1.29 is 0 Å². The molecule has 0 spiro atoms. The van der Waals surface area contributed by atoms with Crippen LogP contribution >= 0.6 is 11.3 Å². The molecular weight excluding hydrogens is 675 g/mol. The van der Waals surface area contributed by atoms with Gasteiger partial charge in [0.15, 0.2) is 5.82 Å². The molecule has 3 nitrogen and oxygen atoms in total. The van der Waals surface area contributed by atoms with E-state index in [0.717, 1.165) is 43.8 Å². The van der Waals surface area contributed by atoms with Crippen molar-refractivity contribution in [2.45, 2.75) is 0 Å². The molecule has 0 fully saturated rings. The Hall–Kier alpha value is -6.88. The van der Waals surface area contributed by atoms with Crippen LogP contribution < -0.4 is 0 Å². The van der Waals surface area contributed by atoms with Gasteiger partial charge in [0, 0.05) is 37.2 Å². The molecule has 12 rings (SSSR count). The van der Waals surface area contributed by atoms with E-state index in [2.05, 4.69) is 180 Å². The zero-order chi connectivity index (χ0) is 35.3. The quantitative estimate of drug-likeness (QED) is 0.172. The van der Waals surface area contributed by atoms with Crippen LogP contribution in [0.15, 0.2) is 176 Å².